The van der Waals surface area contributed by atoms with Crippen molar-refractivity contribution in [1.82, 2.24) is 0 Å². The van der Waals surface area contributed by atoms with Crippen LogP contribution >= 0.6 is 0 Å². The van der Waals surface area contributed by atoms with Gasteiger partial charge in [-0.1, -0.05) is 0 Å². The second-order valence-corrected chi connectivity index (χ2v) is 2.64. The van der Waals surface area contributed by atoms with E-state index in [0.717, 1.165) is 0 Å². The number of aliphatic hydroxyl groups is 1. The van der Waals surface area contributed by atoms with Crippen LogP contribution in [0, 0.1) is 0 Å². The summed E-state index contributed by atoms with van der Waals surface area (Å²) in [7, 11) is 0. The van der Waals surface area contributed by atoms with Gasteiger partial charge >= 0.3 is 40.4 Å². The minimum atomic E-state index is -1.11. The van der Waals surface area contributed by atoms with Gasteiger partial charge in [0, 0.05) is 0 Å². The van der Waals surface area contributed by atoms with Crippen molar-refractivity contribution in [2.24, 2.45) is 5.73 Å². The summed E-state index contributed by atoms with van der Waals surface area (Å²) in [4.78, 5) is 0. The first-order chi connectivity index (χ1) is 2.00. The molecule has 0 fully saturated rings. The molecular formula is C2H6NORh. The molecule has 0 spiro atoms. The average Bonchev–Trinajstić information content (AvgIpc) is 0.722. The van der Waals surface area contributed by atoms with Crippen molar-refractivity contribution in [3.63, 3.8) is 0 Å². The van der Waals surface area contributed by atoms with Crippen molar-refractivity contribution in [3.05, 3.63) is 0 Å². The average molecular weight is 163 g/mol. The molecule has 34 valence electrons. The fourth-order valence-corrected chi connectivity index (χ4v) is 0. The van der Waals surface area contributed by atoms with Gasteiger partial charge in [0.2, 0.25) is 0 Å². The second kappa shape index (κ2) is 1.33. The maximum absolute atomic E-state index is 8.25. The van der Waals surface area contributed by atoms with Crippen LogP contribution in [0.15, 0.2) is 0 Å². The third-order valence-corrected chi connectivity index (χ3v) is 0. The van der Waals surface area contributed by atoms with Gasteiger partial charge in [-0.3, -0.25) is 0 Å². The van der Waals surface area contributed by atoms with Crippen molar-refractivity contribution in [2.45, 2.75) is 11.2 Å². The summed E-state index contributed by atoms with van der Waals surface area (Å²) in [5, 5.41) is 8.25. The Bertz CT molecular complexity index is 25.1. The zero-order valence-electron chi connectivity index (χ0n) is 2.86. The summed E-state index contributed by atoms with van der Waals surface area (Å²) in [6.45, 7) is 1.47. The van der Waals surface area contributed by atoms with E-state index in [2.05, 4.69) is 18.3 Å². The Morgan fingerprint density at radius 3 is 2.00 bits per heavy atom. The summed E-state index contributed by atoms with van der Waals surface area (Å²) in [5.41, 5.74) is 4.86. The number of nitrogens with two attached hydrogens (primary N) is 1. The molecule has 0 amide bonds. The zero-order valence-corrected chi connectivity index (χ0v) is 4.50. The van der Waals surface area contributed by atoms with Crippen molar-refractivity contribution in [3.8, 4) is 0 Å². The van der Waals surface area contributed by atoms with Crippen LogP contribution in [-0.4, -0.2) is 9.43 Å². The molecule has 0 rings (SSSR count). The molecule has 1 unspecified atom stereocenters. The van der Waals surface area contributed by atoms with Crippen molar-refractivity contribution < 1.29 is 23.4 Å². The van der Waals surface area contributed by atoms with Crippen LogP contribution in [0.5, 0.6) is 0 Å². The molecule has 3 heteroatoms. The summed E-state index contributed by atoms with van der Waals surface area (Å²) < 4.78 is -1.11. The molecular weight excluding hydrogens is 157 g/mol. The standard InChI is InChI=1S/C2H6NO.Rh/c1-2(3)4;/h4H,3H2,1H3;. The molecule has 0 saturated heterocycles. The van der Waals surface area contributed by atoms with Gasteiger partial charge in [-0.05, 0) is 0 Å². The van der Waals surface area contributed by atoms with E-state index in [1.54, 1.807) is 0 Å². The summed E-state index contributed by atoms with van der Waals surface area (Å²) in [6, 6.07) is 0. The Balaban J connectivity index is 3.02. The molecule has 0 aliphatic rings. The molecule has 0 heterocycles. The van der Waals surface area contributed by atoms with E-state index in [9.17, 15) is 0 Å². The number of hydrogen-bond acceptors (Lipinski definition) is 2. The fourth-order valence-electron chi connectivity index (χ4n) is 0. The predicted octanol–water partition coefficient (Wildman–Crippen LogP) is -0.842. The molecule has 0 aromatic carbocycles. The Labute approximate surface area is 41.0 Å². The van der Waals surface area contributed by atoms with Crippen LogP contribution in [0.2, 0.25) is 0 Å². The Morgan fingerprint density at radius 1 is 2.00 bits per heavy atom. The quantitative estimate of drug-likeness (QED) is 0.361. The number of rotatable bonds is 0. The van der Waals surface area contributed by atoms with Gasteiger partial charge in [0.05, 0.1) is 0 Å². The van der Waals surface area contributed by atoms with E-state index in [0.29, 0.717) is 0 Å². The molecule has 1 atom stereocenters. The molecule has 0 aromatic heterocycles. The molecule has 3 N–H and O–H groups in total. The summed E-state index contributed by atoms with van der Waals surface area (Å²) >= 11 is 2.22. The van der Waals surface area contributed by atoms with E-state index < -0.39 is 4.32 Å². The minimum absolute atomic E-state index is 1.11. The van der Waals surface area contributed by atoms with E-state index in [1.165, 1.54) is 6.92 Å². The normalized spacial score (nSPS) is 21.8. The maximum atomic E-state index is 8.25. The molecule has 0 radical (unpaired) electrons. The number of hydrogen-bond donors (Lipinski definition) is 2. The van der Waals surface area contributed by atoms with Gasteiger partial charge in [-0.25, -0.2) is 0 Å². The van der Waals surface area contributed by atoms with Crippen LogP contribution in [0.25, 0.3) is 0 Å². The Kier molecular flexibility index (Phi) is 1.48. The van der Waals surface area contributed by atoms with E-state index >= 15 is 0 Å². The third-order valence-electron chi connectivity index (χ3n) is 0. The SMILES string of the molecule is C[C](N)(O)[Rh]. The van der Waals surface area contributed by atoms with Crippen LogP contribution in [-0.2, 0) is 18.3 Å². The predicted molar refractivity (Wildman–Crippen MR) is 14.8 cm³/mol. The Hall–Kier alpha value is 0.543. The topological polar surface area (TPSA) is 46.2 Å². The third kappa shape index (κ3) is 99.5. The molecule has 0 aromatic rings. The van der Waals surface area contributed by atoms with Gasteiger partial charge in [0.1, 0.15) is 0 Å². The molecule has 0 aliphatic carbocycles. The van der Waals surface area contributed by atoms with E-state index in [1.807, 2.05) is 0 Å². The van der Waals surface area contributed by atoms with Crippen LogP contribution in [0.1, 0.15) is 6.92 Å². The van der Waals surface area contributed by atoms with Crippen molar-refractivity contribution in [1.29, 1.82) is 0 Å². The van der Waals surface area contributed by atoms with Gasteiger partial charge < -0.3 is 0 Å². The first kappa shape index (κ1) is 5.54. The van der Waals surface area contributed by atoms with Crippen LogP contribution in [0.4, 0.5) is 0 Å². The second-order valence-electron chi connectivity index (χ2n) is 0.979. The van der Waals surface area contributed by atoms with Crippen LogP contribution < -0.4 is 5.73 Å². The van der Waals surface area contributed by atoms with E-state index in [4.69, 9.17) is 10.8 Å². The molecule has 5 heavy (non-hydrogen) atoms. The van der Waals surface area contributed by atoms with Gasteiger partial charge in [-0.15, -0.1) is 0 Å². The van der Waals surface area contributed by atoms with Crippen molar-refractivity contribution in [2.75, 3.05) is 0 Å². The zero-order chi connectivity index (χ0) is 4.50. The summed E-state index contributed by atoms with van der Waals surface area (Å²) in [6.07, 6.45) is 0. The van der Waals surface area contributed by atoms with Crippen molar-refractivity contribution >= 4 is 0 Å². The summed E-state index contributed by atoms with van der Waals surface area (Å²) in [5.74, 6) is 0. The molecule has 0 aliphatic heterocycles. The monoisotopic (exact) mass is 163 g/mol. The molecule has 2 nitrogen and oxygen atoms in total. The Morgan fingerprint density at radius 2 is 2.00 bits per heavy atom. The molecule has 0 saturated carbocycles. The van der Waals surface area contributed by atoms with E-state index in [-0.39, 0.29) is 0 Å². The van der Waals surface area contributed by atoms with Crippen LogP contribution in [0.3, 0.4) is 0 Å². The van der Waals surface area contributed by atoms with Gasteiger partial charge in [-0.2, -0.15) is 0 Å². The fraction of sp³-hybridized carbons (Fsp3) is 1.00. The molecule has 0 bridgehead atoms. The van der Waals surface area contributed by atoms with Gasteiger partial charge in [0.25, 0.3) is 0 Å². The van der Waals surface area contributed by atoms with Gasteiger partial charge in [0.15, 0.2) is 0 Å². The first-order valence-electron chi connectivity index (χ1n) is 1.18. The first-order valence-corrected chi connectivity index (χ1v) is 2.00.